The van der Waals surface area contributed by atoms with E-state index in [9.17, 15) is 26.7 Å². The Labute approximate surface area is 145 Å². The Bertz CT molecular complexity index is 862. The number of benzene rings is 1. The number of likely N-dealkylation sites (tertiary alicyclic amines) is 1. The van der Waals surface area contributed by atoms with Crippen LogP contribution >= 0.6 is 0 Å². The highest BCUT2D eigenvalue weighted by Crippen LogP contribution is 2.33. The van der Waals surface area contributed by atoms with Gasteiger partial charge in [-0.15, -0.1) is 0 Å². The minimum atomic E-state index is -4.46. The third-order valence-electron chi connectivity index (χ3n) is 3.83. The molecule has 1 aliphatic heterocycles. The smallest absolute Gasteiger partial charge is 0.327 e. The van der Waals surface area contributed by atoms with Gasteiger partial charge in [0.05, 0.1) is 24.3 Å². The Morgan fingerprint density at radius 1 is 1.23 bits per heavy atom. The Balaban J connectivity index is 1.75. The molecule has 0 unspecified atom stereocenters. The molecular weight excluding hydrogens is 357 g/mol. The molecule has 0 atom stereocenters. The molecule has 0 aliphatic carbocycles. The van der Waals surface area contributed by atoms with Crippen molar-refractivity contribution in [1.82, 2.24) is 14.7 Å². The Morgan fingerprint density at radius 3 is 2.54 bits per heavy atom. The fraction of sp³-hybridized carbons (Fsp3) is 0.294. The lowest BCUT2D eigenvalue weighted by Gasteiger charge is -2.37. The highest BCUT2D eigenvalue weighted by atomic mass is 19.4. The van der Waals surface area contributed by atoms with Crippen LogP contribution in [0.15, 0.2) is 36.5 Å². The molecule has 0 spiro atoms. The molecule has 9 heteroatoms. The SMILES string of the molecule is Cc1cc(-c2ccn(/C=C\C(=O)N3CC(F)(F)C3)n2)cc(C(F)(F)F)c1. The van der Waals surface area contributed by atoms with Gasteiger partial charge in [0.1, 0.15) is 0 Å². The van der Waals surface area contributed by atoms with E-state index in [0.29, 0.717) is 11.3 Å². The maximum absolute atomic E-state index is 12.9. The van der Waals surface area contributed by atoms with Crippen molar-refractivity contribution < 1.29 is 26.7 Å². The fourth-order valence-electron chi connectivity index (χ4n) is 2.58. The van der Waals surface area contributed by atoms with E-state index in [1.807, 2.05) is 0 Å². The van der Waals surface area contributed by atoms with E-state index >= 15 is 0 Å². The molecule has 1 aromatic carbocycles. The highest BCUT2D eigenvalue weighted by Gasteiger charge is 2.45. The zero-order valence-electron chi connectivity index (χ0n) is 13.6. The number of aryl methyl sites for hydroxylation is 1. The standard InChI is InChI=1S/C17H14F5N3O/c1-11-6-12(8-13(7-11)17(20,21)22)14-2-4-25(23-14)5-3-15(26)24-9-16(18,19)10-24/h2-8H,9-10H2,1H3/b5-3-. The van der Waals surface area contributed by atoms with Crippen molar-refractivity contribution in [3.63, 3.8) is 0 Å². The number of hydrogen-bond acceptors (Lipinski definition) is 2. The van der Waals surface area contributed by atoms with Gasteiger partial charge in [0.15, 0.2) is 0 Å². The van der Waals surface area contributed by atoms with E-state index in [-0.39, 0.29) is 5.56 Å². The summed E-state index contributed by atoms with van der Waals surface area (Å²) in [6, 6.07) is 5.11. The quantitative estimate of drug-likeness (QED) is 0.608. The van der Waals surface area contributed by atoms with Crippen molar-refractivity contribution in [2.24, 2.45) is 0 Å². The molecule has 26 heavy (non-hydrogen) atoms. The summed E-state index contributed by atoms with van der Waals surface area (Å²) in [5.41, 5.74) is 0.255. The molecule has 1 saturated heterocycles. The number of nitrogens with zero attached hydrogens (tertiary/aromatic N) is 3. The summed E-state index contributed by atoms with van der Waals surface area (Å²) in [7, 11) is 0. The van der Waals surface area contributed by atoms with Crippen LogP contribution in [0, 0.1) is 6.92 Å². The molecule has 3 rings (SSSR count). The van der Waals surface area contributed by atoms with Crippen LogP contribution in [0.1, 0.15) is 11.1 Å². The van der Waals surface area contributed by atoms with Gasteiger partial charge in [0.25, 0.3) is 5.92 Å². The third kappa shape index (κ3) is 3.92. The summed E-state index contributed by atoms with van der Waals surface area (Å²) >= 11 is 0. The minimum absolute atomic E-state index is 0.290. The molecule has 138 valence electrons. The molecule has 0 radical (unpaired) electrons. The number of rotatable bonds is 3. The van der Waals surface area contributed by atoms with Gasteiger partial charge >= 0.3 is 6.18 Å². The first kappa shape index (κ1) is 18.1. The molecule has 0 saturated carbocycles. The van der Waals surface area contributed by atoms with Crippen LogP contribution in [0.25, 0.3) is 17.5 Å². The van der Waals surface area contributed by atoms with Gasteiger partial charge < -0.3 is 4.90 Å². The van der Waals surface area contributed by atoms with Crippen molar-refractivity contribution in [1.29, 1.82) is 0 Å². The van der Waals surface area contributed by atoms with Crippen molar-refractivity contribution in [3.05, 3.63) is 47.7 Å². The topological polar surface area (TPSA) is 38.1 Å². The van der Waals surface area contributed by atoms with E-state index in [1.165, 1.54) is 23.1 Å². The first-order valence-corrected chi connectivity index (χ1v) is 7.63. The average Bonchev–Trinajstić information content (AvgIpc) is 2.97. The number of amides is 1. The van der Waals surface area contributed by atoms with Crippen LogP contribution in [0.3, 0.4) is 0 Å². The highest BCUT2D eigenvalue weighted by molar-refractivity contribution is 5.90. The monoisotopic (exact) mass is 371 g/mol. The molecule has 0 N–H and O–H groups in total. The predicted molar refractivity (Wildman–Crippen MR) is 84.3 cm³/mol. The second kappa shape index (κ2) is 6.22. The van der Waals surface area contributed by atoms with Gasteiger partial charge in [-0.3, -0.25) is 4.79 Å². The maximum Gasteiger partial charge on any atom is 0.416 e. The van der Waals surface area contributed by atoms with Gasteiger partial charge in [-0.1, -0.05) is 0 Å². The molecule has 1 amide bonds. The first-order valence-electron chi connectivity index (χ1n) is 7.63. The lowest BCUT2D eigenvalue weighted by Crippen LogP contribution is -2.58. The number of hydrogen-bond donors (Lipinski definition) is 0. The summed E-state index contributed by atoms with van der Waals surface area (Å²) in [6.07, 6.45) is -0.652. The Kier molecular flexibility index (Phi) is 4.33. The van der Waals surface area contributed by atoms with Gasteiger partial charge in [-0.05, 0) is 36.8 Å². The molecule has 0 bridgehead atoms. The molecule has 1 aliphatic rings. The third-order valence-corrected chi connectivity index (χ3v) is 3.83. The molecule has 2 aromatic rings. The van der Waals surface area contributed by atoms with Crippen molar-refractivity contribution in [2.75, 3.05) is 13.1 Å². The number of aromatic nitrogens is 2. The van der Waals surface area contributed by atoms with Crippen LogP contribution in [-0.4, -0.2) is 39.6 Å². The lowest BCUT2D eigenvalue weighted by molar-refractivity contribution is -0.160. The Hall–Kier alpha value is -2.71. The Morgan fingerprint density at radius 2 is 1.92 bits per heavy atom. The van der Waals surface area contributed by atoms with Crippen LogP contribution < -0.4 is 0 Å². The zero-order chi connectivity index (χ0) is 19.1. The van der Waals surface area contributed by atoms with E-state index in [4.69, 9.17) is 0 Å². The van der Waals surface area contributed by atoms with Crippen LogP contribution in [0.2, 0.25) is 0 Å². The largest absolute Gasteiger partial charge is 0.416 e. The number of alkyl halides is 5. The van der Waals surface area contributed by atoms with Gasteiger partial charge in [0.2, 0.25) is 5.91 Å². The van der Waals surface area contributed by atoms with E-state index < -0.39 is 36.7 Å². The normalized spacial score (nSPS) is 16.8. The summed E-state index contributed by atoms with van der Waals surface area (Å²) in [5.74, 6) is -3.42. The predicted octanol–water partition coefficient (Wildman–Crippen LogP) is 3.83. The van der Waals surface area contributed by atoms with Gasteiger partial charge in [0, 0.05) is 24.0 Å². The lowest BCUT2D eigenvalue weighted by atomic mass is 10.0. The van der Waals surface area contributed by atoms with E-state index in [1.54, 1.807) is 13.0 Å². The zero-order valence-corrected chi connectivity index (χ0v) is 13.6. The summed E-state index contributed by atoms with van der Waals surface area (Å²) in [5, 5.41) is 4.09. The molecule has 4 nitrogen and oxygen atoms in total. The summed E-state index contributed by atoms with van der Waals surface area (Å²) in [6.45, 7) is 0.311. The first-order chi connectivity index (χ1) is 12.0. The minimum Gasteiger partial charge on any atom is -0.327 e. The summed E-state index contributed by atoms with van der Waals surface area (Å²) in [4.78, 5) is 12.7. The van der Waals surface area contributed by atoms with Crippen molar-refractivity contribution in [2.45, 2.75) is 19.0 Å². The second-order valence-electron chi connectivity index (χ2n) is 6.13. The average molecular weight is 371 g/mol. The van der Waals surface area contributed by atoms with Gasteiger partial charge in [-0.2, -0.15) is 18.3 Å². The number of carbonyl (C=O) groups excluding carboxylic acids is 1. The number of halogens is 5. The molecule has 1 aromatic heterocycles. The van der Waals surface area contributed by atoms with Crippen molar-refractivity contribution in [3.8, 4) is 11.3 Å². The summed E-state index contributed by atoms with van der Waals surface area (Å²) < 4.78 is 65.5. The molecule has 2 heterocycles. The van der Waals surface area contributed by atoms with Crippen LogP contribution in [0.5, 0.6) is 0 Å². The number of carbonyl (C=O) groups is 1. The van der Waals surface area contributed by atoms with E-state index in [0.717, 1.165) is 23.1 Å². The molecular formula is C17H14F5N3O. The fourth-order valence-corrected chi connectivity index (χ4v) is 2.58. The molecule has 1 fully saturated rings. The second-order valence-corrected chi connectivity index (χ2v) is 6.13. The van der Waals surface area contributed by atoms with Crippen LogP contribution in [-0.2, 0) is 11.0 Å². The van der Waals surface area contributed by atoms with Crippen molar-refractivity contribution >= 4 is 12.1 Å². The van der Waals surface area contributed by atoms with Gasteiger partial charge in [-0.25, -0.2) is 13.5 Å². The van der Waals surface area contributed by atoms with Crippen LogP contribution in [0.4, 0.5) is 22.0 Å². The van der Waals surface area contributed by atoms with E-state index in [2.05, 4.69) is 5.10 Å². The maximum atomic E-state index is 12.9.